The zero-order valence-corrected chi connectivity index (χ0v) is 15.1. The van der Waals surface area contributed by atoms with Crippen molar-refractivity contribution in [3.8, 4) is 0 Å². The maximum atomic E-state index is 11.2. The van der Waals surface area contributed by atoms with Crippen LogP contribution in [0.25, 0.3) is 0 Å². The average Bonchev–Trinajstić information content (AvgIpc) is 2.92. The van der Waals surface area contributed by atoms with Gasteiger partial charge in [0.1, 0.15) is 4.21 Å². The Kier molecular flexibility index (Phi) is 7.84. The molecule has 0 saturated heterocycles. The standard InChI is InChI=1S/C14H26N4O2S2/c1-4-5-6-7-11(2)18-14(16-3)17-10-12-8-9-13(21-12)22(15,19)20/h8-9,11H,4-7,10H2,1-3H3,(H2,15,19,20)(H2,16,17,18). The Morgan fingerprint density at radius 1 is 1.41 bits per heavy atom. The molecule has 126 valence electrons. The maximum absolute atomic E-state index is 11.2. The fourth-order valence-electron chi connectivity index (χ4n) is 1.98. The van der Waals surface area contributed by atoms with Crippen LogP contribution >= 0.6 is 11.3 Å². The van der Waals surface area contributed by atoms with Crippen molar-refractivity contribution in [2.24, 2.45) is 10.1 Å². The highest BCUT2D eigenvalue weighted by atomic mass is 32.2. The minimum absolute atomic E-state index is 0.181. The molecule has 1 aromatic rings. The van der Waals surface area contributed by atoms with Crippen LogP contribution in [-0.4, -0.2) is 27.5 Å². The summed E-state index contributed by atoms with van der Waals surface area (Å²) in [7, 11) is -1.89. The number of hydrogen-bond acceptors (Lipinski definition) is 4. The van der Waals surface area contributed by atoms with Crippen molar-refractivity contribution in [2.45, 2.75) is 56.3 Å². The lowest BCUT2D eigenvalue weighted by atomic mass is 10.1. The van der Waals surface area contributed by atoms with E-state index in [1.54, 1.807) is 13.1 Å². The summed E-state index contributed by atoms with van der Waals surface area (Å²) in [6.07, 6.45) is 4.75. The van der Waals surface area contributed by atoms with Crippen molar-refractivity contribution >= 4 is 27.3 Å². The van der Waals surface area contributed by atoms with Gasteiger partial charge in [0.2, 0.25) is 10.0 Å². The fourth-order valence-corrected chi connectivity index (χ4v) is 3.70. The van der Waals surface area contributed by atoms with Gasteiger partial charge in [0.15, 0.2) is 5.96 Å². The van der Waals surface area contributed by atoms with Gasteiger partial charge in [0.05, 0.1) is 6.54 Å². The number of sulfonamides is 1. The van der Waals surface area contributed by atoms with Gasteiger partial charge < -0.3 is 10.6 Å². The number of nitrogens with one attached hydrogen (secondary N) is 2. The van der Waals surface area contributed by atoms with Crippen LogP contribution in [0.1, 0.15) is 44.4 Å². The molecule has 22 heavy (non-hydrogen) atoms. The van der Waals surface area contributed by atoms with Crippen molar-refractivity contribution in [3.05, 3.63) is 17.0 Å². The van der Waals surface area contributed by atoms with Gasteiger partial charge in [-0.2, -0.15) is 0 Å². The Balaban J connectivity index is 2.46. The number of thiophene rings is 1. The zero-order chi connectivity index (χ0) is 16.6. The Morgan fingerprint density at radius 2 is 2.14 bits per heavy atom. The van der Waals surface area contributed by atoms with Crippen molar-refractivity contribution in [1.82, 2.24) is 10.6 Å². The van der Waals surface area contributed by atoms with Gasteiger partial charge in [-0.05, 0) is 25.5 Å². The number of primary sulfonamides is 1. The molecule has 6 nitrogen and oxygen atoms in total. The first-order valence-corrected chi connectivity index (χ1v) is 9.81. The summed E-state index contributed by atoms with van der Waals surface area (Å²) < 4.78 is 22.7. The number of hydrogen-bond donors (Lipinski definition) is 3. The van der Waals surface area contributed by atoms with E-state index in [0.717, 1.165) is 17.3 Å². The van der Waals surface area contributed by atoms with Crippen LogP contribution in [-0.2, 0) is 16.6 Å². The van der Waals surface area contributed by atoms with Crippen LogP contribution in [0.15, 0.2) is 21.3 Å². The molecule has 0 aliphatic carbocycles. The number of nitrogens with two attached hydrogens (primary N) is 1. The summed E-state index contributed by atoms with van der Waals surface area (Å²) >= 11 is 1.17. The highest BCUT2D eigenvalue weighted by Crippen LogP contribution is 2.19. The number of aliphatic imine (C=N–C) groups is 1. The summed E-state index contributed by atoms with van der Waals surface area (Å²) in [6.45, 7) is 4.84. The topological polar surface area (TPSA) is 96.6 Å². The summed E-state index contributed by atoms with van der Waals surface area (Å²) in [4.78, 5) is 5.08. The lowest BCUT2D eigenvalue weighted by Gasteiger charge is -2.17. The van der Waals surface area contributed by atoms with Crippen LogP contribution < -0.4 is 15.8 Å². The third-order valence-corrected chi connectivity index (χ3v) is 5.72. The van der Waals surface area contributed by atoms with Crippen LogP contribution in [0.4, 0.5) is 0 Å². The van der Waals surface area contributed by atoms with E-state index < -0.39 is 10.0 Å². The van der Waals surface area contributed by atoms with Crippen LogP contribution in [0.3, 0.4) is 0 Å². The molecule has 0 aliphatic heterocycles. The number of unbranched alkanes of at least 4 members (excludes halogenated alkanes) is 2. The fraction of sp³-hybridized carbons (Fsp3) is 0.643. The summed E-state index contributed by atoms with van der Waals surface area (Å²) in [5, 5.41) is 11.6. The predicted octanol–water partition coefficient (Wildman–Crippen LogP) is 2.03. The highest BCUT2D eigenvalue weighted by Gasteiger charge is 2.11. The quantitative estimate of drug-likeness (QED) is 0.381. The number of rotatable bonds is 8. The third-order valence-electron chi connectivity index (χ3n) is 3.19. The van der Waals surface area contributed by atoms with E-state index >= 15 is 0 Å². The van der Waals surface area contributed by atoms with E-state index in [9.17, 15) is 8.42 Å². The van der Waals surface area contributed by atoms with E-state index in [1.165, 1.54) is 36.7 Å². The maximum Gasteiger partial charge on any atom is 0.247 e. The molecule has 0 bridgehead atoms. The molecule has 1 heterocycles. The highest BCUT2D eigenvalue weighted by molar-refractivity contribution is 7.91. The minimum Gasteiger partial charge on any atom is -0.354 e. The molecule has 0 saturated carbocycles. The average molecular weight is 347 g/mol. The van der Waals surface area contributed by atoms with Gasteiger partial charge in [0, 0.05) is 18.0 Å². The van der Waals surface area contributed by atoms with Crippen LogP contribution in [0, 0.1) is 0 Å². The normalized spacial score (nSPS) is 13.9. The Hall–Kier alpha value is -1.12. The van der Waals surface area contributed by atoms with Crippen molar-refractivity contribution in [3.63, 3.8) is 0 Å². The second-order valence-corrected chi connectivity index (χ2v) is 8.19. The smallest absolute Gasteiger partial charge is 0.247 e. The van der Waals surface area contributed by atoms with Gasteiger partial charge in [-0.25, -0.2) is 13.6 Å². The largest absolute Gasteiger partial charge is 0.354 e. The second-order valence-electron chi connectivity index (χ2n) is 5.23. The van der Waals surface area contributed by atoms with Gasteiger partial charge >= 0.3 is 0 Å². The minimum atomic E-state index is -3.61. The number of nitrogens with zero attached hydrogens (tertiary/aromatic N) is 1. The first-order chi connectivity index (χ1) is 10.4. The summed E-state index contributed by atoms with van der Waals surface area (Å²) in [6, 6.07) is 3.64. The molecule has 1 rings (SSSR count). The van der Waals surface area contributed by atoms with E-state index in [1.807, 2.05) is 0 Å². The van der Waals surface area contributed by atoms with Gasteiger partial charge in [-0.15, -0.1) is 11.3 Å². The van der Waals surface area contributed by atoms with Crippen molar-refractivity contribution in [1.29, 1.82) is 0 Å². The van der Waals surface area contributed by atoms with E-state index in [0.29, 0.717) is 12.6 Å². The van der Waals surface area contributed by atoms with E-state index in [2.05, 4.69) is 29.5 Å². The number of guanidine groups is 1. The molecule has 0 spiro atoms. The Morgan fingerprint density at radius 3 is 2.68 bits per heavy atom. The molecule has 0 radical (unpaired) electrons. The first kappa shape index (κ1) is 18.9. The molecule has 0 aromatic carbocycles. The van der Waals surface area contributed by atoms with Crippen molar-refractivity contribution < 1.29 is 8.42 Å². The molecule has 4 N–H and O–H groups in total. The van der Waals surface area contributed by atoms with Gasteiger partial charge in [-0.3, -0.25) is 4.99 Å². The molecule has 1 aromatic heterocycles. The Bertz CT molecular complexity index is 581. The lowest BCUT2D eigenvalue weighted by molar-refractivity contribution is 0.547. The molecule has 0 aliphatic rings. The molecular formula is C14H26N4O2S2. The van der Waals surface area contributed by atoms with Crippen molar-refractivity contribution in [2.75, 3.05) is 7.05 Å². The second kappa shape index (κ2) is 9.12. The molecule has 0 amide bonds. The van der Waals surface area contributed by atoms with Gasteiger partial charge in [-0.1, -0.05) is 26.2 Å². The van der Waals surface area contributed by atoms with Gasteiger partial charge in [0.25, 0.3) is 0 Å². The first-order valence-electron chi connectivity index (χ1n) is 7.45. The van der Waals surface area contributed by atoms with E-state index in [4.69, 9.17) is 5.14 Å². The summed E-state index contributed by atoms with van der Waals surface area (Å²) in [5.74, 6) is 0.717. The van der Waals surface area contributed by atoms with Crippen LogP contribution in [0.2, 0.25) is 0 Å². The van der Waals surface area contributed by atoms with Crippen LogP contribution in [0.5, 0.6) is 0 Å². The monoisotopic (exact) mass is 346 g/mol. The predicted molar refractivity (Wildman–Crippen MR) is 92.6 cm³/mol. The molecule has 1 unspecified atom stereocenters. The third kappa shape index (κ3) is 6.76. The van der Waals surface area contributed by atoms with E-state index in [-0.39, 0.29) is 4.21 Å². The molecule has 0 fully saturated rings. The molecule has 1 atom stereocenters. The zero-order valence-electron chi connectivity index (χ0n) is 13.4. The SMILES string of the molecule is CCCCCC(C)NC(=NC)NCc1ccc(S(N)(=O)=O)s1. The molecule has 8 heteroatoms. The Labute approximate surface area is 137 Å². The molecular weight excluding hydrogens is 320 g/mol. The summed E-state index contributed by atoms with van der Waals surface area (Å²) in [5.41, 5.74) is 0. The lowest BCUT2D eigenvalue weighted by Crippen LogP contribution is -2.41.